The molecule has 0 heterocycles. The molecule has 0 spiro atoms. The van der Waals surface area contributed by atoms with Gasteiger partial charge in [-0.3, -0.25) is 9.59 Å². The highest BCUT2D eigenvalue weighted by Crippen LogP contribution is 2.26. The minimum atomic E-state index is -2.04. The maximum absolute atomic E-state index is 11.2. The number of hydrogen-bond acceptors (Lipinski definition) is 7. The fourth-order valence-corrected chi connectivity index (χ4v) is 1.09. The Bertz CT molecular complexity index is 353. The van der Waals surface area contributed by atoms with Crippen LogP contribution in [0.25, 0.3) is 0 Å². The Balaban J connectivity index is 4.13. The first-order valence-electron chi connectivity index (χ1n) is 5.27. The van der Waals surface area contributed by atoms with E-state index in [1.807, 2.05) is 0 Å². The Kier molecular flexibility index (Phi) is 8.88. The molecule has 0 aliphatic carbocycles. The van der Waals surface area contributed by atoms with Crippen LogP contribution in [0.4, 0.5) is 0 Å². The molecule has 116 valence electrons. The van der Waals surface area contributed by atoms with E-state index in [0.717, 1.165) is 6.92 Å². The zero-order valence-electron chi connectivity index (χ0n) is 10.7. The van der Waals surface area contributed by atoms with Gasteiger partial charge < -0.3 is 18.9 Å². The first kappa shape index (κ1) is 19.2. The number of carbonyl (C=O) groups is 3. The number of ether oxygens (including phenoxy) is 4. The second kappa shape index (κ2) is 9.23. The summed E-state index contributed by atoms with van der Waals surface area (Å²) < 4.78 is 16.7. The van der Waals surface area contributed by atoms with E-state index >= 15 is 0 Å². The molecule has 1 atom stereocenters. The standard InChI is InChI=1S/C10H13Cl3O7/c1-6(14)17-3-8(20-7(2)15)4-18-9(16)5-19-10(11,12)13/h8H,3-5H2,1-2H3. The lowest BCUT2D eigenvalue weighted by Gasteiger charge is -2.17. The summed E-state index contributed by atoms with van der Waals surface area (Å²) in [4.78, 5) is 32.7. The Labute approximate surface area is 130 Å². The summed E-state index contributed by atoms with van der Waals surface area (Å²) in [5.74, 6) is -2.01. The normalized spacial score (nSPS) is 12.4. The number of hydrogen-bond donors (Lipinski definition) is 0. The molecule has 1 unspecified atom stereocenters. The van der Waals surface area contributed by atoms with Crippen LogP contribution in [0.5, 0.6) is 0 Å². The van der Waals surface area contributed by atoms with Crippen LogP contribution in [0.3, 0.4) is 0 Å². The third-order valence-corrected chi connectivity index (χ3v) is 1.92. The summed E-state index contributed by atoms with van der Waals surface area (Å²) >= 11 is 15.8. The van der Waals surface area contributed by atoms with Crippen LogP contribution in [0, 0.1) is 0 Å². The molecule has 0 fully saturated rings. The van der Waals surface area contributed by atoms with Crippen molar-refractivity contribution < 1.29 is 33.3 Å². The van der Waals surface area contributed by atoms with E-state index in [-0.39, 0.29) is 13.2 Å². The Hall–Kier alpha value is -0.760. The molecule has 0 bridgehead atoms. The SMILES string of the molecule is CC(=O)OCC(COC(=O)COC(Cl)(Cl)Cl)OC(C)=O. The van der Waals surface area contributed by atoms with Crippen molar-refractivity contribution in [2.24, 2.45) is 0 Å². The van der Waals surface area contributed by atoms with Gasteiger partial charge in [0.15, 0.2) is 6.10 Å². The summed E-state index contributed by atoms with van der Waals surface area (Å²) in [7, 11) is 0. The summed E-state index contributed by atoms with van der Waals surface area (Å²) in [6.45, 7) is 1.18. The number of alkyl halides is 3. The Morgan fingerprint density at radius 3 is 2.00 bits per heavy atom. The highest BCUT2D eigenvalue weighted by molar-refractivity contribution is 6.66. The molecule has 7 nitrogen and oxygen atoms in total. The fraction of sp³-hybridized carbons (Fsp3) is 0.700. The maximum Gasteiger partial charge on any atom is 0.332 e. The lowest BCUT2D eigenvalue weighted by atomic mass is 10.4. The van der Waals surface area contributed by atoms with Gasteiger partial charge in [0.25, 0.3) is 3.98 Å². The summed E-state index contributed by atoms with van der Waals surface area (Å²) in [6.07, 6.45) is -0.923. The third kappa shape index (κ3) is 12.3. The molecule has 20 heavy (non-hydrogen) atoms. The molecule has 0 aromatic heterocycles. The Morgan fingerprint density at radius 2 is 1.55 bits per heavy atom. The van der Waals surface area contributed by atoms with E-state index < -0.39 is 34.6 Å². The van der Waals surface area contributed by atoms with Crippen molar-refractivity contribution in [3.05, 3.63) is 0 Å². The van der Waals surface area contributed by atoms with Crippen LogP contribution < -0.4 is 0 Å². The highest BCUT2D eigenvalue weighted by Gasteiger charge is 2.23. The van der Waals surface area contributed by atoms with Crippen molar-refractivity contribution in [1.82, 2.24) is 0 Å². The third-order valence-electron chi connectivity index (χ3n) is 1.59. The maximum atomic E-state index is 11.2. The predicted molar refractivity (Wildman–Crippen MR) is 69.4 cm³/mol. The van der Waals surface area contributed by atoms with Gasteiger partial charge in [0.1, 0.15) is 19.8 Å². The number of carbonyl (C=O) groups excluding carboxylic acids is 3. The van der Waals surface area contributed by atoms with Gasteiger partial charge in [-0.15, -0.1) is 0 Å². The molecule has 0 radical (unpaired) electrons. The monoisotopic (exact) mass is 350 g/mol. The van der Waals surface area contributed by atoms with Crippen LogP contribution in [0.2, 0.25) is 0 Å². The second-order valence-electron chi connectivity index (χ2n) is 3.45. The fourth-order valence-electron chi connectivity index (χ4n) is 0.929. The molecule has 10 heteroatoms. The largest absolute Gasteiger partial charge is 0.462 e. The van der Waals surface area contributed by atoms with Gasteiger partial charge in [-0.05, 0) is 0 Å². The van der Waals surface area contributed by atoms with Crippen molar-refractivity contribution in [1.29, 1.82) is 0 Å². The molecule has 0 amide bonds. The first-order chi connectivity index (χ1) is 9.10. The second-order valence-corrected chi connectivity index (χ2v) is 5.63. The minimum Gasteiger partial charge on any atom is -0.462 e. The first-order valence-corrected chi connectivity index (χ1v) is 6.40. The Morgan fingerprint density at radius 1 is 1.00 bits per heavy atom. The molecule has 0 aromatic rings. The molecular weight excluding hydrogens is 338 g/mol. The zero-order chi connectivity index (χ0) is 15.8. The van der Waals surface area contributed by atoms with Crippen LogP contribution in [0.1, 0.15) is 13.8 Å². The molecule has 0 rings (SSSR count). The summed E-state index contributed by atoms with van der Waals surface area (Å²) in [5.41, 5.74) is 0. The lowest BCUT2D eigenvalue weighted by molar-refractivity contribution is -0.166. The van der Waals surface area contributed by atoms with Gasteiger partial charge in [0, 0.05) is 13.8 Å². The molecule has 0 saturated carbocycles. The van der Waals surface area contributed by atoms with Gasteiger partial charge in [-0.25, -0.2) is 4.79 Å². The van der Waals surface area contributed by atoms with E-state index in [1.165, 1.54) is 6.92 Å². The van der Waals surface area contributed by atoms with Crippen LogP contribution in [-0.2, 0) is 33.3 Å². The van der Waals surface area contributed by atoms with Gasteiger partial charge in [0.05, 0.1) is 0 Å². The number of rotatable bonds is 7. The number of halogens is 3. The topological polar surface area (TPSA) is 88.1 Å². The van der Waals surface area contributed by atoms with E-state index in [0.29, 0.717) is 0 Å². The van der Waals surface area contributed by atoms with Crippen LogP contribution >= 0.6 is 34.8 Å². The van der Waals surface area contributed by atoms with E-state index in [4.69, 9.17) is 44.3 Å². The van der Waals surface area contributed by atoms with Gasteiger partial charge >= 0.3 is 17.9 Å². The highest BCUT2D eigenvalue weighted by atomic mass is 35.6. The van der Waals surface area contributed by atoms with Gasteiger partial charge in [0.2, 0.25) is 0 Å². The number of esters is 3. The molecule has 0 aromatic carbocycles. The summed E-state index contributed by atoms with van der Waals surface area (Å²) in [6, 6.07) is 0. The van der Waals surface area contributed by atoms with Crippen molar-refractivity contribution in [2.75, 3.05) is 19.8 Å². The molecular formula is C10H13Cl3O7. The molecule has 0 N–H and O–H groups in total. The van der Waals surface area contributed by atoms with Crippen LogP contribution in [-0.4, -0.2) is 47.8 Å². The zero-order valence-corrected chi connectivity index (χ0v) is 13.0. The van der Waals surface area contributed by atoms with E-state index in [2.05, 4.69) is 9.47 Å². The molecule has 0 aliphatic heterocycles. The quantitative estimate of drug-likeness (QED) is 0.389. The average molecular weight is 352 g/mol. The summed E-state index contributed by atoms with van der Waals surface area (Å²) in [5, 5.41) is 0. The predicted octanol–water partition coefficient (Wildman–Crippen LogP) is 1.37. The van der Waals surface area contributed by atoms with Crippen LogP contribution in [0.15, 0.2) is 0 Å². The average Bonchev–Trinajstić information content (AvgIpc) is 2.28. The molecule has 0 aliphatic rings. The van der Waals surface area contributed by atoms with E-state index in [1.54, 1.807) is 0 Å². The van der Waals surface area contributed by atoms with Crippen molar-refractivity contribution in [3.63, 3.8) is 0 Å². The lowest BCUT2D eigenvalue weighted by Crippen LogP contribution is -2.31. The van der Waals surface area contributed by atoms with Crippen molar-refractivity contribution in [2.45, 2.75) is 23.9 Å². The van der Waals surface area contributed by atoms with E-state index in [9.17, 15) is 14.4 Å². The van der Waals surface area contributed by atoms with Gasteiger partial charge in [-0.2, -0.15) is 0 Å². The smallest absolute Gasteiger partial charge is 0.332 e. The van der Waals surface area contributed by atoms with Crippen molar-refractivity contribution in [3.8, 4) is 0 Å². The van der Waals surface area contributed by atoms with Gasteiger partial charge in [-0.1, -0.05) is 34.8 Å². The van der Waals surface area contributed by atoms with Crippen molar-refractivity contribution >= 4 is 52.7 Å². The minimum absolute atomic E-state index is 0.243. The molecule has 0 saturated heterocycles.